The van der Waals surface area contributed by atoms with Gasteiger partial charge in [0.25, 0.3) is 0 Å². The first-order chi connectivity index (χ1) is 13.1. The molecule has 1 aromatic carbocycles. The minimum absolute atomic E-state index is 0.115. The molecule has 1 aromatic rings. The number of amides is 1. The van der Waals surface area contributed by atoms with Gasteiger partial charge in [0.15, 0.2) is 5.79 Å². The average Bonchev–Trinajstić information content (AvgIpc) is 2.54. The Balaban J connectivity index is 2.17. The molecule has 0 spiro atoms. The monoisotopic (exact) mass is 419 g/mol. The number of phenolic OH excluding ortho intramolecular Hbond substituents is 1. The number of alkyl halides is 3. The van der Waals surface area contributed by atoms with Crippen molar-refractivity contribution < 1.29 is 37.3 Å². The van der Waals surface area contributed by atoms with E-state index in [-0.39, 0.29) is 26.1 Å². The molecule has 0 aliphatic carbocycles. The number of carbonyl (C=O) groups excluding carboxylic acids is 1. The molecule has 1 aliphatic heterocycles. The van der Waals surface area contributed by atoms with Gasteiger partial charge in [0.2, 0.25) is 0 Å². The van der Waals surface area contributed by atoms with E-state index in [9.17, 15) is 23.1 Å². The van der Waals surface area contributed by atoms with Crippen molar-refractivity contribution in [3.8, 4) is 5.75 Å². The third kappa shape index (κ3) is 6.78. The van der Waals surface area contributed by atoms with Crippen LogP contribution in [0.15, 0.2) is 18.2 Å². The van der Waals surface area contributed by atoms with E-state index >= 15 is 0 Å². The summed E-state index contributed by atoms with van der Waals surface area (Å²) in [5.74, 6) is -1.66. The van der Waals surface area contributed by atoms with Gasteiger partial charge in [-0.25, -0.2) is 4.79 Å². The number of phenols is 1. The Morgan fingerprint density at radius 2 is 1.79 bits per heavy atom. The van der Waals surface area contributed by atoms with E-state index in [4.69, 9.17) is 14.2 Å². The van der Waals surface area contributed by atoms with Crippen molar-refractivity contribution in [1.29, 1.82) is 0 Å². The van der Waals surface area contributed by atoms with Crippen molar-refractivity contribution in [3.63, 3.8) is 0 Å². The lowest BCUT2D eigenvalue weighted by atomic mass is 9.91. The third-order valence-electron chi connectivity index (χ3n) is 4.42. The van der Waals surface area contributed by atoms with Gasteiger partial charge in [0.05, 0.1) is 24.3 Å². The van der Waals surface area contributed by atoms with E-state index in [0.29, 0.717) is 5.56 Å². The first kappa shape index (κ1) is 23.3. The third-order valence-corrected chi connectivity index (χ3v) is 4.42. The minimum atomic E-state index is -4.66. The lowest BCUT2D eigenvalue weighted by Crippen LogP contribution is -2.61. The summed E-state index contributed by atoms with van der Waals surface area (Å²) in [6.45, 7) is 8.88. The SMILES string of the molecule is CC(C)(C)OC(=O)NC1(CCc2ccc(O)c(C(F)(F)F)c2)COC(C)(C)OC1. The Kier molecular flexibility index (Phi) is 6.44. The fourth-order valence-electron chi connectivity index (χ4n) is 2.86. The Bertz CT molecular complexity index is 731. The maximum absolute atomic E-state index is 13.0. The zero-order valence-corrected chi connectivity index (χ0v) is 17.3. The molecule has 2 N–H and O–H groups in total. The predicted molar refractivity (Wildman–Crippen MR) is 99.5 cm³/mol. The second kappa shape index (κ2) is 8.02. The maximum atomic E-state index is 13.0. The number of hydrogen-bond donors (Lipinski definition) is 2. The molecule has 6 nitrogen and oxygen atoms in total. The molecule has 1 amide bonds. The summed E-state index contributed by atoms with van der Waals surface area (Å²) in [6.07, 6.45) is -4.87. The first-order valence-electron chi connectivity index (χ1n) is 9.29. The highest BCUT2D eigenvalue weighted by Crippen LogP contribution is 2.36. The van der Waals surface area contributed by atoms with Crippen LogP contribution < -0.4 is 5.32 Å². The molecule has 1 aliphatic rings. The fourth-order valence-corrected chi connectivity index (χ4v) is 2.86. The van der Waals surface area contributed by atoms with Gasteiger partial charge in [-0.1, -0.05) is 6.07 Å². The lowest BCUT2D eigenvalue weighted by Gasteiger charge is -2.44. The van der Waals surface area contributed by atoms with Gasteiger partial charge in [-0.05, 0) is 65.2 Å². The van der Waals surface area contributed by atoms with Crippen LogP contribution in [-0.4, -0.2) is 41.3 Å². The van der Waals surface area contributed by atoms with Gasteiger partial charge in [-0.3, -0.25) is 0 Å². The van der Waals surface area contributed by atoms with Crippen molar-refractivity contribution in [1.82, 2.24) is 5.32 Å². The number of aromatic hydroxyl groups is 1. The highest BCUT2D eigenvalue weighted by Gasteiger charge is 2.42. The number of benzene rings is 1. The summed E-state index contributed by atoms with van der Waals surface area (Å²) >= 11 is 0. The van der Waals surface area contributed by atoms with Gasteiger partial charge in [0, 0.05) is 0 Å². The summed E-state index contributed by atoms with van der Waals surface area (Å²) < 4.78 is 55.8. The predicted octanol–water partition coefficient (Wildman–Crippen LogP) is 4.39. The van der Waals surface area contributed by atoms with E-state index in [2.05, 4.69) is 5.32 Å². The number of alkyl carbamates (subject to hydrolysis) is 1. The average molecular weight is 419 g/mol. The Morgan fingerprint density at radius 1 is 1.21 bits per heavy atom. The standard InChI is InChI=1S/C20H28F3NO5/c1-17(2,3)29-16(26)24-19(11-27-18(4,5)28-12-19)9-8-13-6-7-15(25)14(10-13)20(21,22)23/h6-7,10,25H,8-9,11-12H2,1-5H3,(H,24,26). The van der Waals surface area contributed by atoms with Crippen molar-refractivity contribution >= 4 is 6.09 Å². The van der Waals surface area contributed by atoms with Gasteiger partial charge in [0.1, 0.15) is 11.4 Å². The lowest BCUT2D eigenvalue weighted by molar-refractivity contribution is -0.271. The van der Waals surface area contributed by atoms with Gasteiger partial charge in [-0.15, -0.1) is 0 Å². The summed E-state index contributed by atoms with van der Waals surface area (Å²) in [4.78, 5) is 12.3. The van der Waals surface area contributed by atoms with Crippen LogP contribution in [0, 0.1) is 0 Å². The number of halogens is 3. The van der Waals surface area contributed by atoms with E-state index in [1.54, 1.807) is 34.6 Å². The van der Waals surface area contributed by atoms with Crippen LogP contribution in [-0.2, 0) is 26.8 Å². The second-order valence-electron chi connectivity index (χ2n) is 8.73. The van der Waals surface area contributed by atoms with E-state index in [1.807, 2.05) is 0 Å². The van der Waals surface area contributed by atoms with E-state index in [1.165, 1.54) is 6.07 Å². The number of aryl methyl sites for hydroxylation is 1. The smallest absolute Gasteiger partial charge is 0.419 e. The minimum Gasteiger partial charge on any atom is -0.507 e. The van der Waals surface area contributed by atoms with Crippen LogP contribution in [0.2, 0.25) is 0 Å². The molecule has 0 saturated carbocycles. The summed E-state index contributed by atoms with van der Waals surface area (Å²) in [5.41, 5.74) is -2.40. The van der Waals surface area contributed by atoms with Crippen molar-refractivity contribution in [2.24, 2.45) is 0 Å². The van der Waals surface area contributed by atoms with E-state index < -0.39 is 40.5 Å². The normalized spacial score (nSPS) is 18.9. The molecule has 1 fully saturated rings. The Hall–Kier alpha value is -2.00. The molecule has 0 unspecified atom stereocenters. The van der Waals surface area contributed by atoms with E-state index in [0.717, 1.165) is 12.1 Å². The van der Waals surface area contributed by atoms with Crippen molar-refractivity contribution in [3.05, 3.63) is 29.3 Å². The van der Waals surface area contributed by atoms with Crippen LogP contribution in [0.1, 0.15) is 52.2 Å². The molecular weight excluding hydrogens is 391 g/mol. The molecule has 2 rings (SSSR count). The highest BCUT2D eigenvalue weighted by atomic mass is 19.4. The van der Waals surface area contributed by atoms with Gasteiger partial charge >= 0.3 is 12.3 Å². The molecule has 0 radical (unpaired) electrons. The molecule has 29 heavy (non-hydrogen) atoms. The van der Waals surface area contributed by atoms with Crippen LogP contribution >= 0.6 is 0 Å². The summed E-state index contributed by atoms with van der Waals surface area (Å²) in [5, 5.41) is 12.3. The van der Waals surface area contributed by atoms with Gasteiger partial charge in [-0.2, -0.15) is 13.2 Å². The molecule has 0 bridgehead atoms. The zero-order chi connectivity index (χ0) is 22.1. The number of carbonyl (C=O) groups is 1. The molecule has 1 saturated heterocycles. The van der Waals surface area contributed by atoms with Crippen LogP contribution in [0.5, 0.6) is 5.75 Å². The number of ether oxygens (including phenoxy) is 3. The largest absolute Gasteiger partial charge is 0.507 e. The quantitative estimate of drug-likeness (QED) is 0.757. The molecule has 1 heterocycles. The summed E-state index contributed by atoms with van der Waals surface area (Å²) in [6, 6.07) is 3.34. The Labute approximate surface area is 168 Å². The number of hydrogen-bond acceptors (Lipinski definition) is 5. The van der Waals surface area contributed by atoms with Gasteiger partial charge < -0.3 is 24.6 Å². The maximum Gasteiger partial charge on any atom is 0.419 e. The van der Waals surface area contributed by atoms with Crippen LogP contribution in [0.25, 0.3) is 0 Å². The second-order valence-corrected chi connectivity index (χ2v) is 8.73. The Morgan fingerprint density at radius 3 is 2.31 bits per heavy atom. The molecular formula is C20H28F3NO5. The molecule has 0 atom stereocenters. The van der Waals surface area contributed by atoms with Crippen molar-refractivity contribution in [2.75, 3.05) is 13.2 Å². The zero-order valence-electron chi connectivity index (χ0n) is 17.3. The van der Waals surface area contributed by atoms with Crippen LogP contribution in [0.4, 0.5) is 18.0 Å². The molecule has 164 valence electrons. The molecule has 9 heteroatoms. The summed E-state index contributed by atoms with van der Waals surface area (Å²) in [7, 11) is 0. The number of nitrogens with one attached hydrogen (secondary N) is 1. The topological polar surface area (TPSA) is 77.0 Å². The van der Waals surface area contributed by atoms with Crippen LogP contribution in [0.3, 0.4) is 0 Å². The highest BCUT2D eigenvalue weighted by molar-refractivity contribution is 5.69. The first-order valence-corrected chi connectivity index (χ1v) is 9.29. The number of rotatable bonds is 4. The fraction of sp³-hybridized carbons (Fsp3) is 0.650. The molecule has 0 aromatic heterocycles. The van der Waals surface area contributed by atoms with Crippen molar-refractivity contribution in [2.45, 2.75) is 70.6 Å².